The van der Waals surface area contributed by atoms with Crippen LogP contribution in [0.1, 0.15) is 122 Å². The average molecular weight is 727 g/mol. The first kappa shape index (κ1) is 41.0. The summed E-state index contributed by atoms with van der Waals surface area (Å²) in [6.07, 6.45) is 18.6. The fourth-order valence-corrected chi connectivity index (χ4v) is 6.27. The molecule has 1 unspecified atom stereocenters. The number of carbonyl (C=O) groups excluding carboxylic acids is 2. The number of aryl methyl sites for hydroxylation is 1. The van der Waals surface area contributed by atoms with E-state index in [9.17, 15) is 14.7 Å². The number of rotatable bonds is 23. The molecule has 0 saturated carbocycles. The Labute approximate surface area is 309 Å². The first-order valence-corrected chi connectivity index (χ1v) is 19.4. The molecular weight excluding hydrogens is 669 g/mol. The quantitative estimate of drug-likeness (QED) is 0.0577. The molecule has 0 radical (unpaired) electrons. The number of urea groups is 1. The Hall–Kier alpha value is -3.42. The topological polar surface area (TPSA) is 99.7 Å². The average Bonchev–Trinajstić information content (AvgIpc) is 3.09. The zero-order valence-electron chi connectivity index (χ0n) is 30.2. The third-order valence-corrected chi connectivity index (χ3v) is 9.75. The van der Waals surface area contributed by atoms with Gasteiger partial charge in [-0.05, 0) is 85.7 Å². The highest BCUT2D eigenvalue weighted by molar-refractivity contribution is 6.42. The molecule has 0 saturated heterocycles. The van der Waals surface area contributed by atoms with Crippen LogP contribution in [0.25, 0.3) is 0 Å². The van der Waals surface area contributed by atoms with E-state index in [1.54, 1.807) is 24.3 Å². The van der Waals surface area contributed by atoms with Gasteiger partial charge in [-0.15, -0.1) is 0 Å². The molecule has 0 aromatic heterocycles. The number of benzene rings is 3. The summed E-state index contributed by atoms with van der Waals surface area (Å²) < 4.78 is 6.18. The molecule has 3 rings (SSSR count). The van der Waals surface area contributed by atoms with Crippen LogP contribution in [0.5, 0.6) is 11.5 Å². The molecule has 0 bridgehead atoms. The lowest BCUT2D eigenvalue weighted by Crippen LogP contribution is -2.24. The molecule has 4 N–H and O–H groups in total. The maximum Gasteiger partial charge on any atom is 0.323 e. The SMILES string of the molecule is CCCCCCCCCCCCOc1ccc(CC(CC)C(=O)Nc2ccc(NC(=O)Nc3ccc(Cl)c(Cl)c3)c(O)c2)c(CCCCC)c1. The van der Waals surface area contributed by atoms with Gasteiger partial charge in [0.2, 0.25) is 5.91 Å². The van der Waals surface area contributed by atoms with E-state index in [0.29, 0.717) is 34.3 Å². The van der Waals surface area contributed by atoms with Crippen molar-refractivity contribution in [3.8, 4) is 11.5 Å². The number of anilines is 3. The van der Waals surface area contributed by atoms with Gasteiger partial charge in [0.05, 0.1) is 22.3 Å². The Morgan fingerprint density at radius 1 is 0.680 bits per heavy atom. The molecule has 0 spiro atoms. The number of amides is 3. The van der Waals surface area contributed by atoms with Crippen molar-refractivity contribution in [2.24, 2.45) is 5.92 Å². The van der Waals surface area contributed by atoms with E-state index in [4.69, 9.17) is 27.9 Å². The molecule has 0 heterocycles. The summed E-state index contributed by atoms with van der Waals surface area (Å²) in [5.41, 5.74) is 3.51. The third kappa shape index (κ3) is 14.8. The Morgan fingerprint density at radius 3 is 1.98 bits per heavy atom. The largest absolute Gasteiger partial charge is 0.506 e. The van der Waals surface area contributed by atoms with E-state index in [2.05, 4.69) is 41.9 Å². The molecule has 7 nitrogen and oxygen atoms in total. The molecule has 0 fully saturated rings. The number of phenolic OH excluding ortho intramolecular Hbond substituents is 1. The Morgan fingerprint density at radius 2 is 1.32 bits per heavy atom. The van der Waals surface area contributed by atoms with Gasteiger partial charge in [0.25, 0.3) is 0 Å². The van der Waals surface area contributed by atoms with Crippen LogP contribution in [-0.4, -0.2) is 23.7 Å². The van der Waals surface area contributed by atoms with Crippen molar-refractivity contribution in [3.63, 3.8) is 0 Å². The molecule has 3 aromatic carbocycles. The van der Waals surface area contributed by atoms with Gasteiger partial charge in [0.15, 0.2) is 0 Å². The predicted octanol–water partition coefficient (Wildman–Crippen LogP) is 12.6. The minimum Gasteiger partial charge on any atom is -0.506 e. The van der Waals surface area contributed by atoms with E-state index in [0.717, 1.165) is 44.5 Å². The van der Waals surface area contributed by atoms with Gasteiger partial charge >= 0.3 is 6.03 Å². The molecule has 0 aliphatic heterocycles. The summed E-state index contributed by atoms with van der Waals surface area (Å²) in [5, 5.41) is 19.5. The van der Waals surface area contributed by atoms with Crippen molar-refractivity contribution in [2.45, 2.75) is 124 Å². The molecule has 9 heteroatoms. The van der Waals surface area contributed by atoms with Gasteiger partial charge in [0.1, 0.15) is 11.5 Å². The fraction of sp³-hybridized carbons (Fsp3) is 0.512. The minimum absolute atomic E-state index is 0.120. The number of hydrogen-bond acceptors (Lipinski definition) is 4. The van der Waals surface area contributed by atoms with Crippen LogP contribution in [0.3, 0.4) is 0 Å². The fourth-order valence-electron chi connectivity index (χ4n) is 5.97. The van der Waals surface area contributed by atoms with Crippen molar-refractivity contribution in [1.29, 1.82) is 0 Å². The number of unbranched alkanes of at least 4 members (excludes halogenated alkanes) is 11. The summed E-state index contributed by atoms with van der Waals surface area (Å²) in [7, 11) is 0. The number of halogens is 2. The summed E-state index contributed by atoms with van der Waals surface area (Å²) in [6.45, 7) is 7.21. The van der Waals surface area contributed by atoms with E-state index in [-0.39, 0.29) is 23.3 Å². The highest BCUT2D eigenvalue weighted by Gasteiger charge is 2.20. The molecule has 1 atom stereocenters. The van der Waals surface area contributed by atoms with Crippen molar-refractivity contribution >= 4 is 52.2 Å². The van der Waals surface area contributed by atoms with Crippen LogP contribution < -0.4 is 20.7 Å². The first-order chi connectivity index (χ1) is 24.2. The molecule has 0 aliphatic carbocycles. The standard InChI is InChI=1S/C41H57Cl2N3O4/c1-4-7-9-10-11-12-13-14-15-17-25-50-35-22-19-32(31(27-35)18-16-8-5-2)26-30(6-3)40(48)44-34-21-24-38(39(47)29-34)46-41(49)45-33-20-23-36(42)37(43)28-33/h19-24,27-30,47H,4-18,25-26H2,1-3H3,(H,44,48)(H2,45,46,49). The number of carbonyl (C=O) groups is 2. The van der Waals surface area contributed by atoms with Gasteiger partial charge < -0.3 is 25.8 Å². The lowest BCUT2D eigenvalue weighted by atomic mass is 9.91. The van der Waals surface area contributed by atoms with E-state index >= 15 is 0 Å². The highest BCUT2D eigenvalue weighted by atomic mass is 35.5. The summed E-state index contributed by atoms with van der Waals surface area (Å²) in [5.74, 6) is 0.358. The van der Waals surface area contributed by atoms with E-state index < -0.39 is 6.03 Å². The lowest BCUT2D eigenvalue weighted by molar-refractivity contribution is -0.119. The van der Waals surface area contributed by atoms with Gasteiger partial charge in [-0.2, -0.15) is 0 Å². The van der Waals surface area contributed by atoms with Gasteiger partial charge in [-0.25, -0.2) is 4.79 Å². The summed E-state index contributed by atoms with van der Waals surface area (Å²) >= 11 is 12.0. The van der Waals surface area contributed by atoms with Gasteiger partial charge in [-0.3, -0.25) is 4.79 Å². The summed E-state index contributed by atoms with van der Waals surface area (Å²) in [6, 6.07) is 15.1. The molecule has 0 aliphatic rings. The number of nitrogens with one attached hydrogen (secondary N) is 3. The van der Waals surface area contributed by atoms with Crippen molar-refractivity contribution in [3.05, 3.63) is 75.8 Å². The monoisotopic (exact) mass is 725 g/mol. The second kappa shape index (κ2) is 23.1. The number of hydrogen-bond donors (Lipinski definition) is 4. The summed E-state index contributed by atoms with van der Waals surface area (Å²) in [4.78, 5) is 25.9. The zero-order chi connectivity index (χ0) is 36.1. The molecule has 50 heavy (non-hydrogen) atoms. The Bertz CT molecular complexity index is 1480. The maximum atomic E-state index is 13.4. The molecular formula is C41H57Cl2N3O4. The van der Waals surface area contributed by atoms with Crippen LogP contribution >= 0.6 is 23.2 Å². The third-order valence-electron chi connectivity index (χ3n) is 9.01. The maximum absolute atomic E-state index is 13.4. The van der Waals surface area contributed by atoms with Crippen LogP contribution in [0.4, 0.5) is 21.9 Å². The second-order valence-electron chi connectivity index (χ2n) is 13.2. The second-order valence-corrected chi connectivity index (χ2v) is 14.0. The predicted molar refractivity (Wildman–Crippen MR) is 210 cm³/mol. The molecule has 274 valence electrons. The van der Waals surface area contributed by atoms with Gasteiger partial charge in [0, 0.05) is 23.4 Å². The highest BCUT2D eigenvalue weighted by Crippen LogP contribution is 2.30. The lowest BCUT2D eigenvalue weighted by Gasteiger charge is -2.19. The Kier molecular flexibility index (Phi) is 19.0. The van der Waals surface area contributed by atoms with Crippen LogP contribution in [0.2, 0.25) is 10.0 Å². The van der Waals surface area contributed by atoms with Crippen molar-refractivity contribution < 1.29 is 19.4 Å². The molecule has 3 amide bonds. The van der Waals surface area contributed by atoms with Crippen molar-refractivity contribution in [2.75, 3.05) is 22.6 Å². The van der Waals surface area contributed by atoms with E-state index in [1.165, 1.54) is 81.0 Å². The van der Waals surface area contributed by atoms with Crippen molar-refractivity contribution in [1.82, 2.24) is 0 Å². The zero-order valence-corrected chi connectivity index (χ0v) is 31.7. The van der Waals surface area contributed by atoms with Gasteiger partial charge in [-0.1, -0.05) is 121 Å². The van der Waals surface area contributed by atoms with E-state index in [1.807, 2.05) is 13.0 Å². The van der Waals surface area contributed by atoms with Crippen LogP contribution in [0, 0.1) is 5.92 Å². The number of aromatic hydroxyl groups is 1. The number of ether oxygens (including phenoxy) is 1. The van der Waals surface area contributed by atoms with Crippen LogP contribution in [0.15, 0.2) is 54.6 Å². The van der Waals surface area contributed by atoms with Crippen LogP contribution in [-0.2, 0) is 17.6 Å². The normalized spacial score (nSPS) is 11.6. The Balaban J connectivity index is 1.52. The molecule has 3 aromatic rings. The first-order valence-electron chi connectivity index (χ1n) is 18.7. The number of phenols is 1. The minimum atomic E-state index is -0.563. The smallest absolute Gasteiger partial charge is 0.323 e.